The van der Waals surface area contributed by atoms with Crippen LogP contribution in [0.3, 0.4) is 0 Å². The first-order valence-electron chi connectivity index (χ1n) is 11.6. The van der Waals surface area contributed by atoms with Crippen LogP contribution in [0.15, 0.2) is 109 Å². The lowest BCUT2D eigenvalue weighted by atomic mass is 9.82. The van der Waals surface area contributed by atoms with Crippen LogP contribution in [-0.2, 0) is 5.41 Å². The molecule has 0 aromatic heterocycles. The minimum atomic E-state index is 0.0149. The van der Waals surface area contributed by atoms with Gasteiger partial charge in [0.25, 0.3) is 0 Å². The molecule has 0 heterocycles. The SMILES string of the molecule is CN(c1ccc(-c2cccc3ccccc23)cc1)c1ccc2c(c1)C(C)(C)c1ccccc1-2. The van der Waals surface area contributed by atoms with Crippen LogP contribution in [0, 0.1) is 0 Å². The number of rotatable bonds is 3. The summed E-state index contributed by atoms with van der Waals surface area (Å²) in [6.07, 6.45) is 0. The smallest absolute Gasteiger partial charge is 0.0411 e. The summed E-state index contributed by atoms with van der Waals surface area (Å²) in [5, 5.41) is 2.57. The molecule has 5 aromatic rings. The molecule has 33 heavy (non-hydrogen) atoms. The van der Waals surface area contributed by atoms with Gasteiger partial charge in [-0.2, -0.15) is 0 Å². The van der Waals surface area contributed by atoms with Crippen LogP contribution in [0.4, 0.5) is 11.4 Å². The molecule has 0 N–H and O–H groups in total. The Morgan fingerprint density at radius 1 is 0.545 bits per heavy atom. The highest BCUT2D eigenvalue weighted by atomic mass is 15.1. The minimum Gasteiger partial charge on any atom is -0.345 e. The van der Waals surface area contributed by atoms with E-state index in [1.165, 1.54) is 55.5 Å². The molecule has 0 spiro atoms. The molecule has 1 aliphatic rings. The number of hydrogen-bond donors (Lipinski definition) is 0. The Morgan fingerprint density at radius 2 is 1.18 bits per heavy atom. The van der Waals surface area contributed by atoms with E-state index in [2.05, 4.69) is 135 Å². The van der Waals surface area contributed by atoms with E-state index in [9.17, 15) is 0 Å². The Bertz CT molecular complexity index is 1490. The molecular weight excluding hydrogens is 398 g/mol. The van der Waals surface area contributed by atoms with Crippen molar-refractivity contribution >= 4 is 22.1 Å². The Labute approximate surface area is 195 Å². The Balaban J connectivity index is 1.35. The number of nitrogens with zero attached hydrogens (tertiary/aromatic N) is 1. The van der Waals surface area contributed by atoms with Crippen molar-refractivity contribution in [2.75, 3.05) is 11.9 Å². The van der Waals surface area contributed by atoms with Crippen molar-refractivity contribution in [2.24, 2.45) is 0 Å². The predicted octanol–water partition coefficient (Wildman–Crippen LogP) is 8.58. The molecule has 0 amide bonds. The van der Waals surface area contributed by atoms with E-state index in [0.29, 0.717) is 0 Å². The van der Waals surface area contributed by atoms with Crippen molar-refractivity contribution < 1.29 is 0 Å². The maximum atomic E-state index is 2.37. The van der Waals surface area contributed by atoms with E-state index in [4.69, 9.17) is 0 Å². The first kappa shape index (κ1) is 19.8. The van der Waals surface area contributed by atoms with Crippen molar-refractivity contribution in [3.8, 4) is 22.3 Å². The van der Waals surface area contributed by atoms with Crippen molar-refractivity contribution in [3.63, 3.8) is 0 Å². The van der Waals surface area contributed by atoms with Crippen LogP contribution in [0.5, 0.6) is 0 Å². The van der Waals surface area contributed by atoms with Gasteiger partial charge in [-0.05, 0) is 68.4 Å². The third-order valence-corrected chi connectivity index (χ3v) is 7.31. The number of benzene rings is 5. The van der Waals surface area contributed by atoms with E-state index in [-0.39, 0.29) is 5.41 Å². The summed E-state index contributed by atoms with van der Waals surface area (Å²) in [4.78, 5) is 2.28. The van der Waals surface area contributed by atoms with E-state index in [0.717, 1.165) is 0 Å². The van der Waals surface area contributed by atoms with Crippen molar-refractivity contribution in [2.45, 2.75) is 19.3 Å². The zero-order valence-electron chi connectivity index (χ0n) is 19.3. The normalized spacial score (nSPS) is 13.5. The van der Waals surface area contributed by atoms with E-state index in [1.807, 2.05) is 0 Å². The van der Waals surface area contributed by atoms with Gasteiger partial charge in [0, 0.05) is 23.8 Å². The summed E-state index contributed by atoms with van der Waals surface area (Å²) in [5.41, 5.74) is 10.5. The maximum absolute atomic E-state index is 2.37. The fourth-order valence-corrected chi connectivity index (χ4v) is 5.39. The fraction of sp³-hybridized carbons (Fsp3) is 0.125. The predicted molar refractivity (Wildman–Crippen MR) is 141 cm³/mol. The first-order chi connectivity index (χ1) is 16.0. The van der Waals surface area contributed by atoms with Gasteiger partial charge in [0.1, 0.15) is 0 Å². The average Bonchev–Trinajstić information content (AvgIpc) is 3.10. The lowest BCUT2D eigenvalue weighted by molar-refractivity contribution is 0.660. The molecule has 0 fully saturated rings. The van der Waals surface area contributed by atoms with E-state index < -0.39 is 0 Å². The molecule has 1 nitrogen and oxygen atoms in total. The number of hydrogen-bond acceptors (Lipinski definition) is 1. The summed E-state index contributed by atoms with van der Waals surface area (Å²) >= 11 is 0. The highest BCUT2D eigenvalue weighted by Gasteiger charge is 2.35. The van der Waals surface area contributed by atoms with Crippen molar-refractivity contribution in [1.82, 2.24) is 0 Å². The largest absolute Gasteiger partial charge is 0.345 e. The van der Waals surface area contributed by atoms with E-state index >= 15 is 0 Å². The molecule has 0 saturated heterocycles. The van der Waals surface area contributed by atoms with Crippen LogP contribution in [0.1, 0.15) is 25.0 Å². The van der Waals surface area contributed by atoms with Crippen molar-refractivity contribution in [3.05, 3.63) is 120 Å². The fourth-order valence-electron chi connectivity index (χ4n) is 5.39. The van der Waals surface area contributed by atoms with Gasteiger partial charge in [-0.15, -0.1) is 0 Å². The Hall–Kier alpha value is -3.84. The molecule has 0 bridgehead atoms. The highest BCUT2D eigenvalue weighted by Crippen LogP contribution is 2.49. The van der Waals surface area contributed by atoms with Crippen LogP contribution in [0.2, 0.25) is 0 Å². The van der Waals surface area contributed by atoms with Crippen LogP contribution in [0.25, 0.3) is 33.0 Å². The van der Waals surface area contributed by atoms with Crippen LogP contribution >= 0.6 is 0 Å². The molecule has 1 aliphatic carbocycles. The average molecular weight is 426 g/mol. The molecule has 5 aromatic carbocycles. The molecule has 1 heteroatoms. The zero-order valence-corrected chi connectivity index (χ0v) is 19.3. The van der Waals surface area contributed by atoms with Crippen molar-refractivity contribution in [1.29, 1.82) is 0 Å². The van der Waals surface area contributed by atoms with Gasteiger partial charge in [0.2, 0.25) is 0 Å². The Morgan fingerprint density at radius 3 is 2.03 bits per heavy atom. The quantitative estimate of drug-likeness (QED) is 0.280. The van der Waals surface area contributed by atoms with Gasteiger partial charge < -0.3 is 4.90 Å². The lowest BCUT2D eigenvalue weighted by Gasteiger charge is -2.25. The second-order valence-electron chi connectivity index (χ2n) is 9.53. The van der Waals surface area contributed by atoms with Gasteiger partial charge in [0.15, 0.2) is 0 Å². The molecule has 0 saturated carbocycles. The number of anilines is 2. The minimum absolute atomic E-state index is 0.0149. The topological polar surface area (TPSA) is 3.24 Å². The second-order valence-corrected chi connectivity index (χ2v) is 9.53. The maximum Gasteiger partial charge on any atom is 0.0411 e. The summed E-state index contributed by atoms with van der Waals surface area (Å²) in [6.45, 7) is 4.67. The molecule has 0 radical (unpaired) electrons. The summed E-state index contributed by atoms with van der Waals surface area (Å²) in [6, 6.07) is 39.8. The van der Waals surface area contributed by atoms with Gasteiger partial charge >= 0.3 is 0 Å². The zero-order chi connectivity index (χ0) is 22.6. The summed E-state index contributed by atoms with van der Waals surface area (Å²) in [7, 11) is 2.16. The van der Waals surface area contributed by atoms with Crippen LogP contribution in [-0.4, -0.2) is 7.05 Å². The molecule has 6 rings (SSSR count). The van der Waals surface area contributed by atoms with Gasteiger partial charge in [0.05, 0.1) is 0 Å². The number of fused-ring (bicyclic) bond motifs is 4. The molecule has 160 valence electrons. The molecule has 0 atom stereocenters. The van der Waals surface area contributed by atoms with E-state index in [1.54, 1.807) is 0 Å². The second kappa shape index (κ2) is 7.35. The highest BCUT2D eigenvalue weighted by molar-refractivity contribution is 5.96. The summed E-state index contributed by atoms with van der Waals surface area (Å²) in [5.74, 6) is 0. The summed E-state index contributed by atoms with van der Waals surface area (Å²) < 4.78 is 0. The lowest BCUT2D eigenvalue weighted by Crippen LogP contribution is -2.16. The Kier molecular flexibility index (Phi) is 4.41. The van der Waals surface area contributed by atoms with Gasteiger partial charge in [-0.3, -0.25) is 0 Å². The third-order valence-electron chi connectivity index (χ3n) is 7.31. The van der Waals surface area contributed by atoms with Gasteiger partial charge in [-0.25, -0.2) is 0 Å². The molecule has 0 unspecified atom stereocenters. The van der Waals surface area contributed by atoms with Gasteiger partial charge in [-0.1, -0.05) is 98.8 Å². The first-order valence-corrected chi connectivity index (χ1v) is 11.6. The standard InChI is InChI=1S/C32H27N/c1-32(2)30-14-7-6-12-28(30)29-20-19-25(21-31(29)32)33(3)24-17-15-23(16-18-24)27-13-8-10-22-9-4-5-11-26(22)27/h4-21H,1-3H3. The third kappa shape index (κ3) is 3.08. The molecule has 0 aliphatic heterocycles. The molecular formula is C32H27N. The monoisotopic (exact) mass is 425 g/mol. The van der Waals surface area contributed by atoms with Crippen LogP contribution < -0.4 is 4.90 Å².